The van der Waals surface area contributed by atoms with Gasteiger partial charge in [-0.2, -0.15) is 0 Å². The maximum Gasteiger partial charge on any atom is 0.0572 e. The van der Waals surface area contributed by atoms with Crippen molar-refractivity contribution in [2.45, 2.75) is 0 Å². The monoisotopic (exact) mass is 227 g/mol. The largest absolute Gasteiger partial charge is 0.398 e. The van der Waals surface area contributed by atoms with Crippen molar-refractivity contribution in [2.75, 3.05) is 5.73 Å². The van der Waals surface area contributed by atoms with Gasteiger partial charge >= 0.3 is 0 Å². The second-order valence-electron chi connectivity index (χ2n) is 2.33. The summed E-state index contributed by atoms with van der Waals surface area (Å²) in [5, 5.41) is 3.26. The highest BCUT2D eigenvalue weighted by Gasteiger charge is 1.99. The molecule has 0 amide bonds. The molecule has 0 saturated heterocycles. The predicted molar refractivity (Wildman–Crippen MR) is 53.9 cm³/mol. The first-order chi connectivity index (χ1) is 5.27. The van der Waals surface area contributed by atoms with Crippen molar-refractivity contribution in [1.82, 2.24) is 0 Å². The lowest BCUT2D eigenvalue weighted by Gasteiger charge is -1.96. The fourth-order valence-corrected chi connectivity index (χ4v) is 2.37. The van der Waals surface area contributed by atoms with Crippen molar-refractivity contribution in [3.8, 4) is 0 Å². The molecule has 0 aliphatic carbocycles. The van der Waals surface area contributed by atoms with Gasteiger partial charge in [-0.1, -0.05) is 15.9 Å². The van der Waals surface area contributed by atoms with Crippen molar-refractivity contribution in [2.24, 2.45) is 0 Å². The first-order valence-electron chi connectivity index (χ1n) is 3.19. The highest BCUT2D eigenvalue weighted by molar-refractivity contribution is 9.10. The molecule has 0 aliphatic heterocycles. The average molecular weight is 228 g/mol. The van der Waals surface area contributed by atoms with Crippen LogP contribution in [0.15, 0.2) is 28.1 Å². The van der Waals surface area contributed by atoms with Gasteiger partial charge in [0.15, 0.2) is 0 Å². The number of hydrogen-bond donors (Lipinski definition) is 1. The topological polar surface area (TPSA) is 26.0 Å². The smallest absolute Gasteiger partial charge is 0.0572 e. The maximum atomic E-state index is 5.78. The van der Waals surface area contributed by atoms with Crippen LogP contribution in [0.5, 0.6) is 0 Å². The standard InChI is InChI=1S/C8H6BrNS/c9-6-3-5-1-2-11-8(5)7(10)4-6/h1-4H,10H2. The SMILES string of the molecule is Nc1cc(Br)cc2ccsc12. The third-order valence-electron chi connectivity index (χ3n) is 1.54. The van der Waals surface area contributed by atoms with Gasteiger partial charge in [-0.3, -0.25) is 0 Å². The fraction of sp³-hybridized carbons (Fsp3) is 0. The highest BCUT2D eigenvalue weighted by atomic mass is 79.9. The molecule has 0 bridgehead atoms. The molecular weight excluding hydrogens is 222 g/mol. The molecule has 1 aromatic heterocycles. The summed E-state index contributed by atoms with van der Waals surface area (Å²) in [6, 6.07) is 6.07. The van der Waals surface area contributed by atoms with Crippen LogP contribution in [0.4, 0.5) is 5.69 Å². The number of hydrogen-bond acceptors (Lipinski definition) is 2. The Labute approximate surface area is 77.0 Å². The average Bonchev–Trinajstić information content (AvgIpc) is 2.34. The van der Waals surface area contributed by atoms with Crippen molar-refractivity contribution in [3.05, 3.63) is 28.1 Å². The summed E-state index contributed by atoms with van der Waals surface area (Å²) in [7, 11) is 0. The van der Waals surface area contributed by atoms with E-state index >= 15 is 0 Å². The zero-order valence-electron chi connectivity index (χ0n) is 5.67. The third-order valence-corrected chi connectivity index (χ3v) is 2.98. The molecule has 2 rings (SSSR count). The molecule has 0 fully saturated rings. The lowest BCUT2D eigenvalue weighted by molar-refractivity contribution is 1.74. The Balaban J connectivity index is 2.91. The Kier molecular flexibility index (Phi) is 1.62. The summed E-state index contributed by atoms with van der Waals surface area (Å²) in [4.78, 5) is 0. The lowest BCUT2D eigenvalue weighted by Crippen LogP contribution is -1.83. The van der Waals surface area contributed by atoms with Crippen LogP contribution in [-0.4, -0.2) is 0 Å². The van der Waals surface area contributed by atoms with Crippen LogP contribution >= 0.6 is 27.3 Å². The normalized spacial score (nSPS) is 10.6. The predicted octanol–water partition coefficient (Wildman–Crippen LogP) is 3.25. The minimum Gasteiger partial charge on any atom is -0.398 e. The number of rotatable bonds is 0. The summed E-state index contributed by atoms with van der Waals surface area (Å²) >= 11 is 5.07. The number of benzene rings is 1. The van der Waals surface area contributed by atoms with E-state index in [1.54, 1.807) is 11.3 Å². The first kappa shape index (κ1) is 7.13. The minimum absolute atomic E-state index is 0.851. The van der Waals surface area contributed by atoms with E-state index in [0.717, 1.165) is 10.2 Å². The van der Waals surface area contributed by atoms with Gasteiger partial charge in [-0.25, -0.2) is 0 Å². The summed E-state index contributed by atoms with van der Waals surface area (Å²) in [5.41, 5.74) is 6.63. The van der Waals surface area contributed by atoms with Crippen LogP contribution < -0.4 is 5.73 Å². The molecule has 0 atom stereocenters. The van der Waals surface area contributed by atoms with Crippen molar-refractivity contribution >= 4 is 43.0 Å². The van der Waals surface area contributed by atoms with E-state index in [9.17, 15) is 0 Å². The second-order valence-corrected chi connectivity index (χ2v) is 4.17. The molecule has 2 aromatic rings. The first-order valence-corrected chi connectivity index (χ1v) is 4.87. The molecule has 56 valence electrons. The van der Waals surface area contributed by atoms with Gasteiger partial charge in [0.2, 0.25) is 0 Å². The lowest BCUT2D eigenvalue weighted by atomic mass is 10.2. The number of nitrogen functional groups attached to an aromatic ring is 1. The molecule has 3 heteroatoms. The number of halogens is 1. The van der Waals surface area contributed by atoms with Crippen molar-refractivity contribution in [3.63, 3.8) is 0 Å². The van der Waals surface area contributed by atoms with Gasteiger partial charge in [0.25, 0.3) is 0 Å². The highest BCUT2D eigenvalue weighted by Crippen LogP contribution is 2.30. The van der Waals surface area contributed by atoms with E-state index in [2.05, 4.69) is 28.1 Å². The molecule has 0 aliphatic rings. The van der Waals surface area contributed by atoms with E-state index in [4.69, 9.17) is 5.73 Å². The number of nitrogens with two attached hydrogens (primary N) is 1. The minimum atomic E-state index is 0.851. The zero-order valence-corrected chi connectivity index (χ0v) is 8.08. The van der Waals surface area contributed by atoms with E-state index < -0.39 is 0 Å². The Morgan fingerprint density at radius 1 is 1.36 bits per heavy atom. The number of anilines is 1. The summed E-state index contributed by atoms with van der Waals surface area (Å²) in [6.07, 6.45) is 0. The van der Waals surface area contributed by atoms with Crippen molar-refractivity contribution < 1.29 is 0 Å². The van der Waals surface area contributed by atoms with Gasteiger partial charge in [0.1, 0.15) is 0 Å². The molecule has 1 heterocycles. The number of fused-ring (bicyclic) bond motifs is 1. The van der Waals surface area contributed by atoms with Gasteiger partial charge < -0.3 is 5.73 Å². The van der Waals surface area contributed by atoms with E-state index in [-0.39, 0.29) is 0 Å². The van der Waals surface area contributed by atoms with Gasteiger partial charge in [0, 0.05) is 4.47 Å². The molecule has 0 unspecified atom stereocenters. The quantitative estimate of drug-likeness (QED) is 0.688. The van der Waals surface area contributed by atoms with Crippen LogP contribution in [0.1, 0.15) is 0 Å². The van der Waals surface area contributed by atoms with Crippen LogP contribution in [0.3, 0.4) is 0 Å². The summed E-state index contributed by atoms with van der Waals surface area (Å²) in [5.74, 6) is 0. The summed E-state index contributed by atoms with van der Waals surface area (Å²) < 4.78 is 2.22. The Hall–Kier alpha value is -0.540. The van der Waals surface area contributed by atoms with Gasteiger partial charge in [-0.15, -0.1) is 11.3 Å². The Bertz CT molecular complexity index is 394. The van der Waals surface area contributed by atoms with Crippen LogP contribution in [0.25, 0.3) is 10.1 Å². The second kappa shape index (κ2) is 2.50. The molecule has 0 radical (unpaired) electrons. The molecule has 1 nitrogen and oxygen atoms in total. The molecular formula is C8H6BrNS. The molecule has 0 saturated carbocycles. The molecule has 11 heavy (non-hydrogen) atoms. The van der Waals surface area contributed by atoms with E-state index in [0.29, 0.717) is 0 Å². The molecule has 0 spiro atoms. The van der Waals surface area contributed by atoms with E-state index in [1.807, 2.05) is 11.4 Å². The fourth-order valence-electron chi connectivity index (χ4n) is 1.07. The van der Waals surface area contributed by atoms with Crippen LogP contribution in [-0.2, 0) is 0 Å². The van der Waals surface area contributed by atoms with E-state index in [1.165, 1.54) is 10.1 Å². The van der Waals surface area contributed by atoms with Gasteiger partial charge in [0.05, 0.1) is 10.4 Å². The Morgan fingerprint density at radius 3 is 3.00 bits per heavy atom. The van der Waals surface area contributed by atoms with Crippen LogP contribution in [0, 0.1) is 0 Å². The summed E-state index contributed by atoms with van der Waals surface area (Å²) in [6.45, 7) is 0. The van der Waals surface area contributed by atoms with Gasteiger partial charge in [-0.05, 0) is 29.0 Å². The van der Waals surface area contributed by atoms with Crippen molar-refractivity contribution in [1.29, 1.82) is 0 Å². The number of thiophene rings is 1. The maximum absolute atomic E-state index is 5.78. The molecule has 1 aromatic carbocycles. The zero-order chi connectivity index (χ0) is 7.84. The Morgan fingerprint density at radius 2 is 2.18 bits per heavy atom. The third kappa shape index (κ3) is 1.14. The van der Waals surface area contributed by atoms with Crippen LogP contribution in [0.2, 0.25) is 0 Å². The molecule has 2 N–H and O–H groups in total.